The molecule has 1 saturated heterocycles. The molecule has 5 nitrogen and oxygen atoms in total. The summed E-state index contributed by atoms with van der Waals surface area (Å²) in [4.78, 5) is 25.8. The molecule has 2 amide bonds. The van der Waals surface area contributed by atoms with Crippen LogP contribution < -0.4 is 10.6 Å². The molecule has 0 saturated carbocycles. The van der Waals surface area contributed by atoms with Gasteiger partial charge in [0.1, 0.15) is 0 Å². The highest BCUT2D eigenvalue weighted by molar-refractivity contribution is 5.88. The maximum atomic E-state index is 12.3. The number of rotatable bonds is 6. The second-order valence-electron chi connectivity index (χ2n) is 7.16. The molecule has 3 rings (SSSR count). The lowest BCUT2D eigenvalue weighted by molar-refractivity contribution is -0.121. The van der Waals surface area contributed by atoms with Crippen LogP contribution in [0.15, 0.2) is 54.6 Å². The molecule has 0 radical (unpaired) electrons. The second-order valence-corrected chi connectivity index (χ2v) is 7.16. The average Bonchev–Trinajstić information content (AvgIpc) is 2.65. The molecule has 1 fully saturated rings. The van der Waals surface area contributed by atoms with Gasteiger partial charge in [0.05, 0.1) is 6.42 Å². The molecule has 0 bridgehead atoms. The van der Waals surface area contributed by atoms with Crippen LogP contribution in [-0.2, 0) is 22.6 Å². The number of carbonyl (C=O) groups excluding carboxylic acids is 2. The Morgan fingerprint density at radius 3 is 2.26 bits per heavy atom. The number of nitrogens with zero attached hydrogens (tertiary/aromatic N) is 1. The third-order valence-corrected chi connectivity index (χ3v) is 4.84. The Bertz CT molecular complexity index is 751. The summed E-state index contributed by atoms with van der Waals surface area (Å²) in [5.41, 5.74) is 3.03. The zero-order valence-electron chi connectivity index (χ0n) is 15.8. The minimum absolute atomic E-state index is 0.0591. The van der Waals surface area contributed by atoms with E-state index in [1.54, 1.807) is 0 Å². The first kappa shape index (κ1) is 19.1. The van der Waals surface area contributed by atoms with Crippen molar-refractivity contribution in [3.8, 4) is 0 Å². The second kappa shape index (κ2) is 9.33. The van der Waals surface area contributed by atoms with Gasteiger partial charge in [0.15, 0.2) is 0 Å². The van der Waals surface area contributed by atoms with Crippen LogP contribution in [-0.4, -0.2) is 35.8 Å². The maximum Gasteiger partial charge on any atom is 0.224 e. The number of piperidine rings is 1. The zero-order chi connectivity index (χ0) is 19.1. The highest BCUT2D eigenvalue weighted by atomic mass is 16.2. The number of amides is 2. The van der Waals surface area contributed by atoms with Crippen molar-refractivity contribution in [2.45, 2.75) is 38.8 Å². The predicted octanol–water partition coefficient (Wildman–Crippen LogP) is 2.97. The van der Waals surface area contributed by atoms with Gasteiger partial charge in [-0.25, -0.2) is 0 Å². The molecule has 2 aromatic carbocycles. The number of benzene rings is 2. The molecule has 27 heavy (non-hydrogen) atoms. The first-order valence-electron chi connectivity index (χ1n) is 9.50. The highest BCUT2D eigenvalue weighted by Crippen LogP contribution is 2.15. The predicted molar refractivity (Wildman–Crippen MR) is 107 cm³/mol. The van der Waals surface area contributed by atoms with Crippen molar-refractivity contribution in [3.63, 3.8) is 0 Å². The van der Waals surface area contributed by atoms with Crippen LogP contribution in [0.4, 0.5) is 5.69 Å². The fraction of sp³-hybridized carbons (Fsp3) is 0.364. The van der Waals surface area contributed by atoms with Gasteiger partial charge < -0.3 is 10.6 Å². The Balaban J connectivity index is 1.41. The maximum absolute atomic E-state index is 12.3. The van der Waals surface area contributed by atoms with Crippen molar-refractivity contribution >= 4 is 17.5 Å². The van der Waals surface area contributed by atoms with Gasteiger partial charge in [-0.2, -0.15) is 0 Å². The minimum Gasteiger partial charge on any atom is -0.353 e. The molecule has 0 spiro atoms. The highest BCUT2D eigenvalue weighted by Gasteiger charge is 2.20. The van der Waals surface area contributed by atoms with Gasteiger partial charge in [0.25, 0.3) is 0 Å². The van der Waals surface area contributed by atoms with Crippen molar-refractivity contribution in [2.24, 2.45) is 0 Å². The summed E-state index contributed by atoms with van der Waals surface area (Å²) in [6, 6.07) is 18.2. The van der Waals surface area contributed by atoms with E-state index in [0.29, 0.717) is 6.42 Å². The van der Waals surface area contributed by atoms with Gasteiger partial charge >= 0.3 is 0 Å². The number of hydrogen-bond acceptors (Lipinski definition) is 3. The molecular formula is C22H27N3O2. The van der Waals surface area contributed by atoms with E-state index in [4.69, 9.17) is 0 Å². The van der Waals surface area contributed by atoms with E-state index in [0.717, 1.165) is 43.7 Å². The number of likely N-dealkylation sites (tertiary alicyclic amines) is 1. The van der Waals surface area contributed by atoms with Crippen LogP contribution in [0.5, 0.6) is 0 Å². The largest absolute Gasteiger partial charge is 0.353 e. The van der Waals surface area contributed by atoms with E-state index in [1.165, 1.54) is 12.5 Å². The Morgan fingerprint density at radius 2 is 1.63 bits per heavy atom. The molecule has 1 heterocycles. The summed E-state index contributed by atoms with van der Waals surface area (Å²) >= 11 is 0. The quantitative estimate of drug-likeness (QED) is 0.827. The fourth-order valence-corrected chi connectivity index (χ4v) is 3.45. The van der Waals surface area contributed by atoms with Crippen LogP contribution in [0.3, 0.4) is 0 Å². The molecule has 0 unspecified atom stereocenters. The van der Waals surface area contributed by atoms with Gasteiger partial charge in [0.2, 0.25) is 11.8 Å². The molecule has 2 aromatic rings. The molecule has 2 N–H and O–H groups in total. The minimum atomic E-state index is -0.0981. The number of anilines is 1. The van der Waals surface area contributed by atoms with E-state index < -0.39 is 0 Å². The van der Waals surface area contributed by atoms with Crippen LogP contribution in [0, 0.1) is 0 Å². The number of carbonyl (C=O) groups is 2. The topological polar surface area (TPSA) is 61.4 Å². The summed E-state index contributed by atoms with van der Waals surface area (Å²) < 4.78 is 0. The number of hydrogen-bond donors (Lipinski definition) is 2. The molecule has 5 heteroatoms. The Kier molecular flexibility index (Phi) is 6.60. The molecule has 0 atom stereocenters. The summed E-state index contributed by atoms with van der Waals surface area (Å²) in [5, 5.41) is 5.89. The van der Waals surface area contributed by atoms with Crippen LogP contribution >= 0.6 is 0 Å². The lowest BCUT2D eigenvalue weighted by Crippen LogP contribution is -2.44. The van der Waals surface area contributed by atoms with Crippen molar-refractivity contribution < 1.29 is 9.59 Å². The van der Waals surface area contributed by atoms with Gasteiger partial charge in [-0.15, -0.1) is 0 Å². The Hall–Kier alpha value is -2.66. The average molecular weight is 365 g/mol. The molecule has 0 aliphatic carbocycles. The molecule has 1 aliphatic heterocycles. The van der Waals surface area contributed by atoms with Crippen molar-refractivity contribution in [2.75, 3.05) is 18.4 Å². The molecule has 1 aliphatic rings. The van der Waals surface area contributed by atoms with Crippen LogP contribution in [0.2, 0.25) is 0 Å². The van der Waals surface area contributed by atoms with E-state index in [9.17, 15) is 9.59 Å². The molecular weight excluding hydrogens is 338 g/mol. The van der Waals surface area contributed by atoms with Gasteiger partial charge in [0, 0.05) is 38.3 Å². The standard InChI is InChI=1S/C22H27N3O2/c1-17(26)23-20-9-7-18(8-10-20)15-22(27)24-21-11-13-25(14-12-21)16-19-5-3-2-4-6-19/h2-10,21H,11-16H2,1H3,(H,23,26)(H,24,27). The third kappa shape index (κ3) is 6.22. The smallest absolute Gasteiger partial charge is 0.224 e. The third-order valence-electron chi connectivity index (χ3n) is 4.84. The van der Waals surface area contributed by atoms with Crippen molar-refractivity contribution in [1.82, 2.24) is 10.2 Å². The van der Waals surface area contributed by atoms with Crippen molar-refractivity contribution in [1.29, 1.82) is 0 Å². The molecule has 0 aromatic heterocycles. The first-order valence-corrected chi connectivity index (χ1v) is 9.50. The monoisotopic (exact) mass is 365 g/mol. The first-order chi connectivity index (χ1) is 13.1. The SMILES string of the molecule is CC(=O)Nc1ccc(CC(=O)NC2CCN(Cc3ccccc3)CC2)cc1. The lowest BCUT2D eigenvalue weighted by atomic mass is 10.0. The Labute approximate surface area is 160 Å². The summed E-state index contributed by atoms with van der Waals surface area (Å²) in [5.74, 6) is -0.0390. The summed E-state index contributed by atoms with van der Waals surface area (Å²) in [6.07, 6.45) is 2.34. The van der Waals surface area contributed by atoms with Gasteiger partial charge in [-0.1, -0.05) is 42.5 Å². The fourth-order valence-electron chi connectivity index (χ4n) is 3.45. The van der Waals surface area contributed by atoms with Gasteiger partial charge in [-0.3, -0.25) is 14.5 Å². The van der Waals surface area contributed by atoms with E-state index >= 15 is 0 Å². The zero-order valence-corrected chi connectivity index (χ0v) is 15.8. The van der Waals surface area contributed by atoms with Crippen molar-refractivity contribution in [3.05, 3.63) is 65.7 Å². The van der Waals surface area contributed by atoms with Crippen LogP contribution in [0.1, 0.15) is 30.9 Å². The van der Waals surface area contributed by atoms with Gasteiger partial charge in [-0.05, 0) is 36.1 Å². The van der Waals surface area contributed by atoms with Crippen LogP contribution in [0.25, 0.3) is 0 Å². The summed E-state index contributed by atoms with van der Waals surface area (Å²) in [6.45, 7) is 4.46. The molecule has 142 valence electrons. The number of nitrogens with one attached hydrogen (secondary N) is 2. The summed E-state index contributed by atoms with van der Waals surface area (Å²) in [7, 11) is 0. The van der Waals surface area contributed by atoms with E-state index in [1.807, 2.05) is 30.3 Å². The van der Waals surface area contributed by atoms with E-state index in [-0.39, 0.29) is 17.9 Å². The lowest BCUT2D eigenvalue weighted by Gasteiger charge is -2.32. The van der Waals surface area contributed by atoms with E-state index in [2.05, 4.69) is 39.8 Å². The normalized spacial score (nSPS) is 15.3. The Morgan fingerprint density at radius 1 is 0.963 bits per heavy atom.